The van der Waals surface area contributed by atoms with Gasteiger partial charge < -0.3 is 15.0 Å². The molecule has 1 aliphatic rings. The molecule has 0 spiro atoms. The van der Waals surface area contributed by atoms with E-state index in [1.54, 1.807) is 12.3 Å². The van der Waals surface area contributed by atoms with Gasteiger partial charge in [0.1, 0.15) is 0 Å². The second kappa shape index (κ2) is 6.30. The van der Waals surface area contributed by atoms with Gasteiger partial charge >= 0.3 is 0 Å². The smallest absolute Gasteiger partial charge is 0.170 e. The van der Waals surface area contributed by atoms with E-state index in [-0.39, 0.29) is 11.9 Å². The van der Waals surface area contributed by atoms with Crippen LogP contribution in [-0.2, 0) is 11.3 Å². The maximum Gasteiger partial charge on any atom is 0.170 e. The molecule has 1 atom stereocenters. The predicted octanol–water partition coefficient (Wildman–Crippen LogP) is 1.94. The summed E-state index contributed by atoms with van der Waals surface area (Å²) in [6.07, 6.45) is 1.79. The highest BCUT2D eigenvalue weighted by molar-refractivity contribution is 5.43. The van der Waals surface area contributed by atoms with E-state index < -0.39 is 0 Å². The second-order valence-electron chi connectivity index (χ2n) is 5.27. The van der Waals surface area contributed by atoms with E-state index in [0.29, 0.717) is 43.7 Å². The van der Waals surface area contributed by atoms with E-state index in [1.165, 1.54) is 0 Å². The van der Waals surface area contributed by atoms with E-state index >= 15 is 0 Å². The predicted molar refractivity (Wildman–Crippen MR) is 73.8 cm³/mol. The summed E-state index contributed by atoms with van der Waals surface area (Å²) in [5.41, 5.74) is 0.665. The molecule has 4 nitrogen and oxygen atoms in total. The van der Waals surface area contributed by atoms with Crippen LogP contribution in [0.25, 0.3) is 0 Å². The number of hydrogen-bond donors (Lipinski definition) is 1. The van der Waals surface area contributed by atoms with Crippen molar-refractivity contribution in [1.29, 1.82) is 0 Å². The zero-order chi connectivity index (χ0) is 13.8. The van der Waals surface area contributed by atoms with Crippen molar-refractivity contribution in [2.75, 3.05) is 24.6 Å². The Labute approximate surface area is 114 Å². The van der Waals surface area contributed by atoms with Gasteiger partial charge in [0.25, 0.3) is 0 Å². The summed E-state index contributed by atoms with van der Waals surface area (Å²) in [6, 6.07) is 2.07. The van der Waals surface area contributed by atoms with E-state index in [2.05, 4.69) is 10.3 Å². The molecule has 19 heavy (non-hydrogen) atoms. The van der Waals surface area contributed by atoms with Crippen LogP contribution in [0.2, 0.25) is 0 Å². The Morgan fingerprint density at radius 3 is 3.05 bits per heavy atom. The molecule has 0 aromatic carbocycles. The molecule has 1 unspecified atom stereocenters. The van der Waals surface area contributed by atoms with Gasteiger partial charge in [0.2, 0.25) is 0 Å². The molecule has 0 bridgehead atoms. The summed E-state index contributed by atoms with van der Waals surface area (Å²) in [4.78, 5) is 6.15. The van der Waals surface area contributed by atoms with Crippen LogP contribution in [0.1, 0.15) is 26.3 Å². The molecule has 0 radical (unpaired) electrons. The monoisotopic (exact) mass is 267 g/mol. The molecule has 0 amide bonds. The Balaban J connectivity index is 2.14. The number of ether oxygens (including phenoxy) is 1. The molecule has 1 aromatic heterocycles. The van der Waals surface area contributed by atoms with Crippen molar-refractivity contribution in [3.8, 4) is 0 Å². The van der Waals surface area contributed by atoms with Crippen LogP contribution < -0.4 is 10.2 Å². The minimum absolute atomic E-state index is 0.118. The number of aromatic nitrogens is 1. The maximum atomic E-state index is 14.4. The van der Waals surface area contributed by atoms with Crippen molar-refractivity contribution in [2.45, 2.75) is 39.5 Å². The Morgan fingerprint density at radius 2 is 2.37 bits per heavy atom. The third-order valence-electron chi connectivity index (χ3n) is 3.19. The number of anilines is 1. The van der Waals surface area contributed by atoms with E-state index in [1.807, 2.05) is 25.7 Å². The summed E-state index contributed by atoms with van der Waals surface area (Å²) in [7, 11) is 0. The molecule has 106 valence electrons. The first kappa shape index (κ1) is 14.2. The van der Waals surface area contributed by atoms with Crippen molar-refractivity contribution in [2.24, 2.45) is 0 Å². The average Bonchev–Trinajstić information content (AvgIpc) is 2.37. The summed E-state index contributed by atoms with van der Waals surface area (Å²) in [5.74, 6) is 0.225. The molecule has 1 aromatic rings. The highest BCUT2D eigenvalue weighted by Gasteiger charge is 2.22. The lowest BCUT2D eigenvalue weighted by atomic mass is 10.2. The van der Waals surface area contributed by atoms with Gasteiger partial charge in [-0.25, -0.2) is 9.37 Å². The molecule has 1 aliphatic heterocycles. The SMILES string of the molecule is CC(C)NCc1ccnc(N2CCOC(C)C2)c1F. The number of morpholine rings is 1. The quantitative estimate of drug-likeness (QED) is 0.904. The fraction of sp³-hybridized carbons (Fsp3) is 0.643. The van der Waals surface area contributed by atoms with Crippen molar-refractivity contribution in [1.82, 2.24) is 10.3 Å². The second-order valence-corrected chi connectivity index (χ2v) is 5.27. The summed E-state index contributed by atoms with van der Waals surface area (Å²) >= 11 is 0. The molecule has 2 rings (SSSR count). The Kier molecular flexibility index (Phi) is 4.71. The van der Waals surface area contributed by atoms with Gasteiger partial charge in [0, 0.05) is 37.4 Å². The van der Waals surface area contributed by atoms with Crippen molar-refractivity contribution >= 4 is 5.82 Å². The molecular weight excluding hydrogens is 245 g/mol. The molecule has 1 saturated heterocycles. The van der Waals surface area contributed by atoms with Gasteiger partial charge in [-0.3, -0.25) is 0 Å². The number of hydrogen-bond acceptors (Lipinski definition) is 4. The summed E-state index contributed by atoms with van der Waals surface area (Å²) in [5, 5.41) is 3.23. The Bertz CT molecular complexity index is 425. The van der Waals surface area contributed by atoms with Crippen LogP contribution in [0.4, 0.5) is 10.2 Å². The molecule has 5 heteroatoms. The molecule has 2 heterocycles. The van der Waals surface area contributed by atoms with Gasteiger partial charge in [-0.2, -0.15) is 0 Å². The third kappa shape index (κ3) is 3.64. The minimum atomic E-state index is -0.218. The first-order valence-electron chi connectivity index (χ1n) is 6.81. The van der Waals surface area contributed by atoms with Gasteiger partial charge in [0.15, 0.2) is 11.6 Å². The lowest BCUT2D eigenvalue weighted by Gasteiger charge is -2.32. The third-order valence-corrected chi connectivity index (χ3v) is 3.19. The van der Waals surface area contributed by atoms with Gasteiger partial charge in [-0.05, 0) is 13.0 Å². The van der Waals surface area contributed by atoms with Crippen LogP contribution in [-0.4, -0.2) is 36.8 Å². The number of rotatable bonds is 4. The van der Waals surface area contributed by atoms with Crippen molar-refractivity contribution < 1.29 is 9.13 Å². The first-order valence-corrected chi connectivity index (χ1v) is 6.81. The van der Waals surface area contributed by atoms with E-state index in [4.69, 9.17) is 4.74 Å². The van der Waals surface area contributed by atoms with Gasteiger partial charge in [-0.15, -0.1) is 0 Å². The van der Waals surface area contributed by atoms with E-state index in [0.717, 1.165) is 0 Å². The molecule has 1 N–H and O–H groups in total. The maximum absolute atomic E-state index is 14.4. The van der Waals surface area contributed by atoms with Crippen LogP contribution in [0.5, 0.6) is 0 Å². The Hall–Kier alpha value is -1.20. The molecule has 1 fully saturated rings. The summed E-state index contributed by atoms with van der Waals surface area (Å²) < 4.78 is 19.9. The minimum Gasteiger partial charge on any atom is -0.375 e. The van der Waals surface area contributed by atoms with Gasteiger partial charge in [0.05, 0.1) is 12.7 Å². The fourth-order valence-electron chi connectivity index (χ4n) is 2.15. The van der Waals surface area contributed by atoms with Gasteiger partial charge in [-0.1, -0.05) is 13.8 Å². The summed E-state index contributed by atoms with van der Waals surface area (Å²) in [6.45, 7) is 8.61. The van der Waals surface area contributed by atoms with Crippen molar-refractivity contribution in [3.05, 3.63) is 23.6 Å². The average molecular weight is 267 g/mol. The zero-order valence-corrected chi connectivity index (χ0v) is 11.8. The lowest BCUT2D eigenvalue weighted by Crippen LogP contribution is -2.42. The largest absolute Gasteiger partial charge is 0.375 e. The topological polar surface area (TPSA) is 37.4 Å². The number of pyridine rings is 1. The number of nitrogens with one attached hydrogen (secondary N) is 1. The standard InChI is InChI=1S/C14H22FN3O/c1-10(2)17-8-12-4-5-16-14(13(12)15)18-6-7-19-11(3)9-18/h4-5,10-11,17H,6-9H2,1-3H3. The van der Waals surface area contributed by atoms with Crippen molar-refractivity contribution in [3.63, 3.8) is 0 Å². The normalized spacial score (nSPS) is 20.1. The zero-order valence-electron chi connectivity index (χ0n) is 11.8. The van der Waals surface area contributed by atoms with Crippen LogP contribution >= 0.6 is 0 Å². The van der Waals surface area contributed by atoms with Crippen LogP contribution in [0.3, 0.4) is 0 Å². The fourth-order valence-corrected chi connectivity index (χ4v) is 2.15. The van der Waals surface area contributed by atoms with Crippen LogP contribution in [0.15, 0.2) is 12.3 Å². The number of halogens is 1. The highest BCUT2D eigenvalue weighted by Crippen LogP contribution is 2.21. The van der Waals surface area contributed by atoms with Crippen LogP contribution in [0, 0.1) is 5.82 Å². The lowest BCUT2D eigenvalue weighted by molar-refractivity contribution is 0.0527. The Morgan fingerprint density at radius 1 is 1.58 bits per heavy atom. The highest BCUT2D eigenvalue weighted by atomic mass is 19.1. The molecular formula is C14H22FN3O. The molecule has 0 saturated carbocycles. The molecule has 0 aliphatic carbocycles. The first-order chi connectivity index (χ1) is 9.08. The van der Waals surface area contributed by atoms with E-state index in [9.17, 15) is 4.39 Å². The number of nitrogens with zero attached hydrogens (tertiary/aromatic N) is 2.